The number of hydrogen-bond acceptors (Lipinski definition) is 3. The van der Waals surface area contributed by atoms with Gasteiger partial charge in [0.2, 0.25) is 15.9 Å². The molecular weight excluding hydrogens is 384 g/mol. The highest BCUT2D eigenvalue weighted by Crippen LogP contribution is 2.54. The van der Waals surface area contributed by atoms with Crippen LogP contribution in [0.25, 0.3) is 0 Å². The summed E-state index contributed by atoms with van der Waals surface area (Å²) >= 11 is 0. The van der Waals surface area contributed by atoms with E-state index in [1.165, 1.54) is 12.8 Å². The standard InChI is InChI=1S/C23H26N2O3S/c1-15-2-4-16(5-3-15)14-29(27,28)24-19-9-10-21-18(12-19)8-11-23(26)25(21)22-13-20(22)17-6-7-17/h2-5,9-10,12,17,20,22,24H,6-8,11,13-14H2,1H3. The van der Waals surface area contributed by atoms with Crippen LogP contribution in [-0.2, 0) is 27.0 Å². The van der Waals surface area contributed by atoms with Crippen molar-refractivity contribution in [1.29, 1.82) is 0 Å². The van der Waals surface area contributed by atoms with E-state index >= 15 is 0 Å². The third-order valence-electron chi connectivity index (χ3n) is 6.33. The van der Waals surface area contributed by atoms with Gasteiger partial charge in [0.15, 0.2) is 0 Å². The Morgan fingerprint density at radius 1 is 1.07 bits per heavy atom. The molecule has 1 amide bonds. The number of fused-ring (bicyclic) bond motifs is 1. The molecule has 2 fully saturated rings. The molecular formula is C23H26N2O3S. The average molecular weight is 411 g/mol. The van der Waals surface area contributed by atoms with E-state index < -0.39 is 10.0 Å². The van der Waals surface area contributed by atoms with E-state index in [0.29, 0.717) is 30.5 Å². The number of amides is 1. The predicted octanol–water partition coefficient (Wildman–Crippen LogP) is 4.01. The molecule has 2 aromatic carbocycles. The Labute approximate surface area is 172 Å². The molecule has 1 N–H and O–H groups in total. The van der Waals surface area contributed by atoms with Crippen LogP contribution in [0.3, 0.4) is 0 Å². The molecule has 0 saturated heterocycles. The van der Waals surface area contributed by atoms with E-state index in [0.717, 1.165) is 34.7 Å². The summed E-state index contributed by atoms with van der Waals surface area (Å²) in [6.45, 7) is 1.98. The molecule has 6 heteroatoms. The van der Waals surface area contributed by atoms with Gasteiger partial charge in [0.25, 0.3) is 0 Å². The van der Waals surface area contributed by atoms with Crippen LogP contribution in [0.4, 0.5) is 11.4 Å². The minimum Gasteiger partial charge on any atom is -0.309 e. The minimum atomic E-state index is -3.50. The summed E-state index contributed by atoms with van der Waals surface area (Å²) in [4.78, 5) is 14.6. The summed E-state index contributed by atoms with van der Waals surface area (Å²) in [5.41, 5.74) is 4.46. The number of hydrogen-bond donors (Lipinski definition) is 1. The van der Waals surface area contributed by atoms with Gasteiger partial charge in [0.05, 0.1) is 5.75 Å². The number of carbonyl (C=O) groups is 1. The maximum atomic E-state index is 12.6. The number of aryl methyl sites for hydroxylation is 2. The molecule has 2 aromatic rings. The van der Waals surface area contributed by atoms with Gasteiger partial charge in [-0.05, 0) is 73.8 Å². The average Bonchev–Trinajstić information content (AvgIpc) is 3.56. The third-order valence-corrected chi connectivity index (χ3v) is 7.59. The van der Waals surface area contributed by atoms with Gasteiger partial charge in [-0.15, -0.1) is 0 Å². The topological polar surface area (TPSA) is 66.5 Å². The van der Waals surface area contributed by atoms with Crippen LogP contribution in [0.2, 0.25) is 0 Å². The second-order valence-electron chi connectivity index (χ2n) is 8.76. The Morgan fingerprint density at radius 2 is 1.83 bits per heavy atom. The van der Waals surface area contributed by atoms with E-state index in [-0.39, 0.29) is 11.7 Å². The highest BCUT2D eigenvalue weighted by molar-refractivity contribution is 7.91. The molecule has 2 saturated carbocycles. The fourth-order valence-electron chi connectivity index (χ4n) is 4.59. The quantitative estimate of drug-likeness (QED) is 0.782. The van der Waals surface area contributed by atoms with Gasteiger partial charge in [-0.2, -0.15) is 0 Å². The molecule has 2 aliphatic carbocycles. The zero-order valence-electron chi connectivity index (χ0n) is 16.6. The Morgan fingerprint density at radius 3 is 2.55 bits per heavy atom. The molecule has 1 heterocycles. The van der Waals surface area contributed by atoms with Gasteiger partial charge in [-0.1, -0.05) is 29.8 Å². The van der Waals surface area contributed by atoms with Crippen molar-refractivity contribution in [1.82, 2.24) is 0 Å². The SMILES string of the molecule is Cc1ccc(CS(=O)(=O)Nc2ccc3c(c2)CCC(=O)N3C2CC2C2CC2)cc1. The Kier molecular flexibility index (Phi) is 4.42. The van der Waals surface area contributed by atoms with E-state index in [9.17, 15) is 13.2 Å². The molecule has 3 aliphatic rings. The van der Waals surface area contributed by atoms with Crippen molar-refractivity contribution in [2.45, 2.75) is 50.8 Å². The van der Waals surface area contributed by atoms with E-state index in [2.05, 4.69) is 4.72 Å². The van der Waals surface area contributed by atoms with Crippen LogP contribution in [0, 0.1) is 18.8 Å². The summed E-state index contributed by atoms with van der Waals surface area (Å²) in [5, 5.41) is 0. The number of anilines is 2. The molecule has 2 atom stereocenters. The molecule has 5 rings (SSSR count). The summed E-state index contributed by atoms with van der Waals surface area (Å²) in [5.74, 6) is 1.63. The molecule has 0 radical (unpaired) electrons. The first-order valence-corrected chi connectivity index (χ1v) is 12.1. The first-order chi connectivity index (χ1) is 13.9. The lowest BCUT2D eigenvalue weighted by atomic mass is 10.00. The van der Waals surface area contributed by atoms with Crippen molar-refractivity contribution < 1.29 is 13.2 Å². The molecule has 1 aliphatic heterocycles. The maximum absolute atomic E-state index is 12.6. The molecule has 2 unspecified atom stereocenters. The first kappa shape index (κ1) is 18.7. The molecule has 29 heavy (non-hydrogen) atoms. The number of nitrogens with zero attached hydrogens (tertiary/aromatic N) is 1. The van der Waals surface area contributed by atoms with Gasteiger partial charge in [-0.3, -0.25) is 9.52 Å². The van der Waals surface area contributed by atoms with Crippen LogP contribution >= 0.6 is 0 Å². The van der Waals surface area contributed by atoms with Crippen molar-refractivity contribution >= 4 is 27.3 Å². The Hall–Kier alpha value is -2.34. The fourth-order valence-corrected chi connectivity index (χ4v) is 5.78. The summed E-state index contributed by atoms with van der Waals surface area (Å²) in [7, 11) is -3.50. The molecule has 0 spiro atoms. The zero-order valence-corrected chi connectivity index (χ0v) is 17.4. The van der Waals surface area contributed by atoms with Gasteiger partial charge < -0.3 is 4.90 Å². The van der Waals surface area contributed by atoms with Crippen molar-refractivity contribution in [3.05, 3.63) is 59.2 Å². The summed E-state index contributed by atoms with van der Waals surface area (Å²) in [6.07, 6.45) is 4.88. The van der Waals surface area contributed by atoms with Crippen LogP contribution in [-0.4, -0.2) is 20.4 Å². The lowest BCUT2D eigenvalue weighted by Crippen LogP contribution is -2.38. The van der Waals surface area contributed by atoms with Crippen molar-refractivity contribution in [3.63, 3.8) is 0 Å². The number of carbonyl (C=O) groups excluding carboxylic acids is 1. The molecule has 5 nitrogen and oxygen atoms in total. The monoisotopic (exact) mass is 410 g/mol. The minimum absolute atomic E-state index is 0.0554. The zero-order chi connectivity index (χ0) is 20.2. The van der Waals surface area contributed by atoms with E-state index in [1.807, 2.05) is 48.2 Å². The number of benzene rings is 2. The predicted molar refractivity (Wildman–Crippen MR) is 114 cm³/mol. The van der Waals surface area contributed by atoms with Crippen LogP contribution in [0.1, 0.15) is 42.4 Å². The molecule has 152 valence electrons. The highest BCUT2D eigenvalue weighted by Gasteiger charge is 2.52. The molecule has 0 aromatic heterocycles. The Balaban J connectivity index is 1.33. The smallest absolute Gasteiger partial charge is 0.236 e. The molecule has 0 bridgehead atoms. The number of nitrogens with one attached hydrogen (secondary N) is 1. The van der Waals surface area contributed by atoms with Gasteiger partial charge >= 0.3 is 0 Å². The normalized spacial score (nSPS) is 23.6. The van der Waals surface area contributed by atoms with Crippen molar-refractivity contribution in [2.75, 3.05) is 9.62 Å². The van der Waals surface area contributed by atoms with Gasteiger partial charge in [-0.25, -0.2) is 8.42 Å². The van der Waals surface area contributed by atoms with E-state index in [4.69, 9.17) is 0 Å². The third kappa shape index (κ3) is 3.90. The largest absolute Gasteiger partial charge is 0.309 e. The summed E-state index contributed by atoms with van der Waals surface area (Å²) in [6, 6.07) is 13.5. The van der Waals surface area contributed by atoms with Crippen LogP contribution < -0.4 is 9.62 Å². The van der Waals surface area contributed by atoms with E-state index in [1.54, 1.807) is 6.07 Å². The van der Waals surface area contributed by atoms with Crippen LogP contribution in [0.15, 0.2) is 42.5 Å². The van der Waals surface area contributed by atoms with Crippen LogP contribution in [0.5, 0.6) is 0 Å². The highest BCUT2D eigenvalue weighted by atomic mass is 32.2. The van der Waals surface area contributed by atoms with Gasteiger partial charge in [0, 0.05) is 23.8 Å². The second-order valence-corrected chi connectivity index (χ2v) is 10.5. The first-order valence-electron chi connectivity index (χ1n) is 10.4. The summed E-state index contributed by atoms with van der Waals surface area (Å²) < 4.78 is 27.9. The lowest BCUT2D eigenvalue weighted by molar-refractivity contribution is -0.119. The number of rotatable bonds is 6. The van der Waals surface area contributed by atoms with Crippen molar-refractivity contribution in [2.24, 2.45) is 11.8 Å². The lowest BCUT2D eigenvalue weighted by Gasteiger charge is -2.30. The fraction of sp³-hybridized carbons (Fsp3) is 0.435. The second kappa shape index (κ2) is 6.87. The maximum Gasteiger partial charge on any atom is 0.236 e. The number of sulfonamides is 1. The Bertz CT molecular complexity index is 1060. The van der Waals surface area contributed by atoms with Crippen molar-refractivity contribution in [3.8, 4) is 0 Å². The van der Waals surface area contributed by atoms with Gasteiger partial charge in [0.1, 0.15) is 0 Å².